The SMILES string of the molecule is Cc1ccc(NC(=O)N2CCC(CN3CCC(C)CC3)CC2)c(C)c1. The predicted octanol–water partition coefficient (Wildman–Crippen LogP) is 4.28. The molecule has 2 aliphatic rings. The highest BCUT2D eigenvalue weighted by Gasteiger charge is 2.25. The molecule has 0 unspecified atom stereocenters. The van der Waals surface area contributed by atoms with Gasteiger partial charge in [-0.05, 0) is 76.1 Å². The molecule has 0 aromatic heterocycles. The van der Waals surface area contributed by atoms with Crippen LogP contribution in [0, 0.1) is 25.7 Å². The molecule has 4 heteroatoms. The van der Waals surface area contributed by atoms with Gasteiger partial charge < -0.3 is 15.1 Å². The molecule has 2 fully saturated rings. The Labute approximate surface area is 152 Å². The van der Waals surface area contributed by atoms with Crippen molar-refractivity contribution >= 4 is 11.7 Å². The van der Waals surface area contributed by atoms with Gasteiger partial charge in [0.1, 0.15) is 0 Å². The number of aryl methyl sites for hydroxylation is 2. The van der Waals surface area contributed by atoms with Crippen LogP contribution in [0.1, 0.15) is 43.7 Å². The van der Waals surface area contributed by atoms with Gasteiger partial charge in [0.25, 0.3) is 0 Å². The van der Waals surface area contributed by atoms with Crippen molar-refractivity contribution in [1.82, 2.24) is 9.80 Å². The van der Waals surface area contributed by atoms with Crippen LogP contribution in [0.25, 0.3) is 0 Å². The molecule has 3 rings (SSSR count). The van der Waals surface area contributed by atoms with Gasteiger partial charge in [0, 0.05) is 25.3 Å². The molecule has 0 bridgehead atoms. The van der Waals surface area contributed by atoms with Gasteiger partial charge in [-0.2, -0.15) is 0 Å². The summed E-state index contributed by atoms with van der Waals surface area (Å²) in [5, 5.41) is 3.08. The Morgan fingerprint density at radius 1 is 1.08 bits per heavy atom. The van der Waals surface area contributed by atoms with Crippen molar-refractivity contribution in [2.24, 2.45) is 11.8 Å². The Balaban J connectivity index is 1.44. The summed E-state index contributed by atoms with van der Waals surface area (Å²) >= 11 is 0. The van der Waals surface area contributed by atoms with Crippen LogP contribution in [-0.4, -0.2) is 48.6 Å². The van der Waals surface area contributed by atoms with Crippen molar-refractivity contribution in [3.8, 4) is 0 Å². The van der Waals surface area contributed by atoms with Crippen molar-refractivity contribution in [3.05, 3.63) is 29.3 Å². The Morgan fingerprint density at radius 2 is 1.76 bits per heavy atom. The molecule has 25 heavy (non-hydrogen) atoms. The third-order valence-electron chi connectivity index (χ3n) is 5.92. The van der Waals surface area contributed by atoms with Crippen molar-refractivity contribution in [1.29, 1.82) is 0 Å². The number of nitrogens with one attached hydrogen (secondary N) is 1. The Morgan fingerprint density at radius 3 is 2.40 bits per heavy atom. The summed E-state index contributed by atoms with van der Waals surface area (Å²) in [5.41, 5.74) is 3.28. The van der Waals surface area contributed by atoms with E-state index in [-0.39, 0.29) is 6.03 Å². The molecule has 138 valence electrons. The molecule has 0 atom stereocenters. The van der Waals surface area contributed by atoms with Crippen LogP contribution in [0.4, 0.5) is 10.5 Å². The van der Waals surface area contributed by atoms with Gasteiger partial charge in [0.2, 0.25) is 0 Å². The first-order chi connectivity index (χ1) is 12.0. The van der Waals surface area contributed by atoms with E-state index < -0.39 is 0 Å². The average Bonchev–Trinajstić information content (AvgIpc) is 2.60. The van der Waals surface area contributed by atoms with Gasteiger partial charge in [-0.1, -0.05) is 24.6 Å². The molecule has 1 aromatic carbocycles. The van der Waals surface area contributed by atoms with Gasteiger partial charge in [-0.15, -0.1) is 0 Å². The van der Waals surface area contributed by atoms with Crippen LogP contribution < -0.4 is 5.32 Å². The van der Waals surface area contributed by atoms with E-state index in [1.54, 1.807) is 0 Å². The summed E-state index contributed by atoms with van der Waals surface area (Å²) in [6, 6.07) is 6.22. The van der Waals surface area contributed by atoms with Gasteiger partial charge in [0.15, 0.2) is 0 Å². The zero-order valence-corrected chi connectivity index (χ0v) is 16.1. The largest absolute Gasteiger partial charge is 0.325 e. The van der Waals surface area contributed by atoms with Crippen LogP contribution in [0.5, 0.6) is 0 Å². The molecule has 4 nitrogen and oxygen atoms in total. The van der Waals surface area contributed by atoms with E-state index in [1.807, 2.05) is 24.0 Å². The highest BCUT2D eigenvalue weighted by Crippen LogP contribution is 2.23. The summed E-state index contributed by atoms with van der Waals surface area (Å²) in [5.74, 6) is 1.64. The maximum absolute atomic E-state index is 12.5. The average molecular weight is 344 g/mol. The number of urea groups is 1. The summed E-state index contributed by atoms with van der Waals surface area (Å²) in [4.78, 5) is 17.2. The van der Waals surface area contributed by atoms with Crippen molar-refractivity contribution < 1.29 is 4.79 Å². The molecule has 0 radical (unpaired) electrons. The molecule has 2 amide bonds. The maximum atomic E-state index is 12.5. The molecule has 0 saturated carbocycles. The monoisotopic (exact) mass is 343 g/mol. The Hall–Kier alpha value is -1.55. The minimum absolute atomic E-state index is 0.0530. The predicted molar refractivity (Wildman–Crippen MR) is 104 cm³/mol. The standard InChI is InChI=1S/C21H33N3O/c1-16-6-10-23(11-7-16)15-19-8-12-24(13-9-19)21(25)22-20-5-4-17(2)14-18(20)3/h4-5,14,16,19H,6-13,15H2,1-3H3,(H,22,25). The van der Waals surface area contributed by atoms with E-state index in [0.717, 1.165) is 49.0 Å². The van der Waals surface area contributed by atoms with E-state index >= 15 is 0 Å². The van der Waals surface area contributed by atoms with Crippen LogP contribution >= 0.6 is 0 Å². The van der Waals surface area contributed by atoms with Crippen LogP contribution in [0.3, 0.4) is 0 Å². The molecular formula is C21H33N3O. The van der Waals surface area contributed by atoms with E-state index in [2.05, 4.69) is 30.1 Å². The number of anilines is 1. The highest BCUT2D eigenvalue weighted by molar-refractivity contribution is 5.90. The van der Waals surface area contributed by atoms with Gasteiger partial charge >= 0.3 is 6.03 Å². The first-order valence-electron chi connectivity index (χ1n) is 9.87. The van der Waals surface area contributed by atoms with Crippen molar-refractivity contribution in [2.45, 2.75) is 46.5 Å². The zero-order chi connectivity index (χ0) is 17.8. The Kier molecular flexibility index (Phi) is 6.00. The topological polar surface area (TPSA) is 35.6 Å². The molecule has 2 heterocycles. The van der Waals surface area contributed by atoms with Crippen molar-refractivity contribution in [3.63, 3.8) is 0 Å². The fourth-order valence-electron chi connectivity index (χ4n) is 4.08. The highest BCUT2D eigenvalue weighted by atomic mass is 16.2. The van der Waals surface area contributed by atoms with E-state index in [0.29, 0.717) is 0 Å². The lowest BCUT2D eigenvalue weighted by Crippen LogP contribution is -2.44. The molecular weight excluding hydrogens is 310 g/mol. The fraction of sp³-hybridized carbons (Fsp3) is 0.667. The van der Waals surface area contributed by atoms with Crippen LogP contribution in [0.2, 0.25) is 0 Å². The van der Waals surface area contributed by atoms with Gasteiger partial charge in [-0.3, -0.25) is 0 Å². The second kappa shape index (κ2) is 8.22. The molecule has 2 saturated heterocycles. The number of carbonyl (C=O) groups is 1. The first-order valence-corrected chi connectivity index (χ1v) is 9.87. The minimum atomic E-state index is 0.0530. The van der Waals surface area contributed by atoms with Crippen molar-refractivity contribution in [2.75, 3.05) is 38.0 Å². The summed E-state index contributed by atoms with van der Waals surface area (Å²) in [6.07, 6.45) is 4.95. The second-order valence-electron chi connectivity index (χ2n) is 8.16. The summed E-state index contributed by atoms with van der Waals surface area (Å²) < 4.78 is 0. The number of amides is 2. The van der Waals surface area contributed by atoms with Gasteiger partial charge in [0.05, 0.1) is 0 Å². The Bertz CT molecular complexity index is 585. The second-order valence-corrected chi connectivity index (χ2v) is 8.16. The summed E-state index contributed by atoms with van der Waals surface area (Å²) in [6.45, 7) is 12.0. The van der Waals surface area contributed by atoms with Crippen LogP contribution in [-0.2, 0) is 0 Å². The molecule has 0 aliphatic carbocycles. The van der Waals surface area contributed by atoms with Crippen LogP contribution in [0.15, 0.2) is 18.2 Å². The lowest BCUT2D eigenvalue weighted by atomic mass is 9.93. The number of rotatable bonds is 3. The quantitative estimate of drug-likeness (QED) is 0.889. The van der Waals surface area contributed by atoms with E-state index in [9.17, 15) is 4.79 Å². The third-order valence-corrected chi connectivity index (χ3v) is 5.92. The third kappa shape index (κ3) is 4.97. The first kappa shape index (κ1) is 18.2. The van der Waals surface area contributed by atoms with E-state index in [4.69, 9.17) is 0 Å². The summed E-state index contributed by atoms with van der Waals surface area (Å²) in [7, 11) is 0. The molecule has 1 aromatic rings. The van der Waals surface area contributed by atoms with Gasteiger partial charge in [-0.25, -0.2) is 4.79 Å². The zero-order valence-electron chi connectivity index (χ0n) is 16.1. The normalized spacial score (nSPS) is 20.7. The lowest BCUT2D eigenvalue weighted by Gasteiger charge is -2.37. The smallest absolute Gasteiger partial charge is 0.321 e. The molecule has 0 spiro atoms. The fourth-order valence-corrected chi connectivity index (χ4v) is 4.08. The maximum Gasteiger partial charge on any atom is 0.321 e. The number of hydrogen-bond acceptors (Lipinski definition) is 2. The molecule has 2 aliphatic heterocycles. The number of hydrogen-bond donors (Lipinski definition) is 1. The number of piperidine rings is 2. The number of nitrogens with zero attached hydrogens (tertiary/aromatic N) is 2. The molecule has 1 N–H and O–H groups in total. The lowest BCUT2D eigenvalue weighted by molar-refractivity contribution is 0.130. The van der Waals surface area contributed by atoms with E-state index in [1.165, 1.54) is 38.0 Å². The number of likely N-dealkylation sites (tertiary alicyclic amines) is 2. The minimum Gasteiger partial charge on any atom is -0.325 e. The number of benzene rings is 1. The number of carbonyl (C=O) groups excluding carboxylic acids is 1.